The minimum Gasteiger partial charge on any atom is -0.308 e. The lowest BCUT2D eigenvalue weighted by Gasteiger charge is -2.29. The average molecular weight is 286 g/mol. The van der Waals surface area contributed by atoms with Crippen LogP contribution in [0.15, 0.2) is 6.20 Å². The van der Waals surface area contributed by atoms with Gasteiger partial charge in [-0.3, -0.25) is 9.48 Å². The zero-order valence-electron chi connectivity index (χ0n) is 9.61. The van der Waals surface area contributed by atoms with Crippen molar-refractivity contribution in [1.82, 2.24) is 9.78 Å². The van der Waals surface area contributed by atoms with E-state index in [9.17, 15) is 4.79 Å². The largest absolute Gasteiger partial charge is 0.308 e. The summed E-state index contributed by atoms with van der Waals surface area (Å²) in [4.78, 5) is 13.9. The quantitative estimate of drug-likeness (QED) is 0.778. The van der Waals surface area contributed by atoms with Crippen LogP contribution < -0.4 is 4.90 Å². The van der Waals surface area contributed by atoms with Gasteiger partial charge in [-0.2, -0.15) is 5.10 Å². The highest BCUT2D eigenvalue weighted by atomic mass is 79.9. The van der Waals surface area contributed by atoms with Crippen LogP contribution in [0.3, 0.4) is 0 Å². The number of carbonyl (C=O) groups excluding carboxylic acids is 1. The molecule has 16 heavy (non-hydrogen) atoms. The maximum atomic E-state index is 12.0. The number of aromatic nitrogens is 2. The molecule has 0 saturated carbocycles. The zero-order chi connectivity index (χ0) is 11.7. The molecule has 1 aliphatic heterocycles. The molecule has 0 spiro atoms. The highest BCUT2D eigenvalue weighted by Gasteiger charge is 2.29. The maximum absolute atomic E-state index is 12.0. The van der Waals surface area contributed by atoms with Crippen LogP contribution in [0.1, 0.15) is 25.5 Å². The van der Waals surface area contributed by atoms with Gasteiger partial charge in [0.15, 0.2) is 0 Å². The normalized spacial score (nSPS) is 21.6. The molecule has 1 unspecified atom stereocenters. The van der Waals surface area contributed by atoms with Gasteiger partial charge in [-0.1, -0.05) is 22.9 Å². The summed E-state index contributed by atoms with van der Waals surface area (Å²) in [5.41, 5.74) is 1.97. The summed E-state index contributed by atoms with van der Waals surface area (Å²) in [7, 11) is 1.89. The number of piperidine rings is 1. The Morgan fingerprint density at radius 1 is 1.62 bits per heavy atom. The number of hydrogen-bond donors (Lipinski definition) is 0. The van der Waals surface area contributed by atoms with Gasteiger partial charge in [0, 0.05) is 19.8 Å². The minimum absolute atomic E-state index is 0.0360. The lowest BCUT2D eigenvalue weighted by Crippen LogP contribution is -2.42. The van der Waals surface area contributed by atoms with Crippen LogP contribution in [-0.4, -0.2) is 27.1 Å². The molecule has 1 atom stereocenters. The Morgan fingerprint density at radius 2 is 2.38 bits per heavy atom. The number of carbonyl (C=O) groups is 1. The Hall–Kier alpha value is -0.840. The molecule has 1 fully saturated rings. The third kappa shape index (κ3) is 2.00. The first-order valence-electron chi connectivity index (χ1n) is 5.61. The molecule has 1 aromatic heterocycles. The number of alkyl halides is 1. The van der Waals surface area contributed by atoms with E-state index in [4.69, 9.17) is 0 Å². The average Bonchev–Trinajstić information content (AvgIpc) is 2.63. The van der Waals surface area contributed by atoms with E-state index in [1.54, 1.807) is 4.68 Å². The number of nitrogens with zero attached hydrogens (tertiary/aromatic N) is 3. The van der Waals surface area contributed by atoms with E-state index in [1.807, 2.05) is 18.1 Å². The minimum atomic E-state index is -0.0360. The number of halogens is 1. The predicted octanol–water partition coefficient (Wildman–Crippen LogP) is 1.87. The van der Waals surface area contributed by atoms with Gasteiger partial charge in [-0.15, -0.1) is 0 Å². The summed E-state index contributed by atoms with van der Waals surface area (Å²) in [5.74, 6) is 0.161. The third-order valence-electron chi connectivity index (χ3n) is 2.88. The van der Waals surface area contributed by atoms with E-state index in [1.165, 1.54) is 0 Å². The molecule has 0 radical (unpaired) electrons. The third-order valence-corrected chi connectivity index (χ3v) is 3.73. The summed E-state index contributed by atoms with van der Waals surface area (Å²) in [6.07, 6.45) is 4.76. The standard InChI is InChI=1S/C11H16BrN3O/c1-3-9-10(7-14(2)13-9)15-6-4-5-8(12)11(15)16/h7-8H,3-6H2,1-2H3. The Kier molecular flexibility index (Phi) is 3.33. The van der Waals surface area contributed by atoms with Gasteiger partial charge in [0.25, 0.3) is 0 Å². The number of anilines is 1. The van der Waals surface area contributed by atoms with Crippen LogP contribution in [-0.2, 0) is 18.3 Å². The Labute approximate surface area is 104 Å². The topological polar surface area (TPSA) is 38.1 Å². The second-order valence-electron chi connectivity index (χ2n) is 4.09. The molecular weight excluding hydrogens is 270 g/mol. The number of rotatable bonds is 2. The second-order valence-corrected chi connectivity index (χ2v) is 5.19. The molecule has 88 valence electrons. The number of hydrogen-bond acceptors (Lipinski definition) is 2. The number of amides is 1. The van der Waals surface area contributed by atoms with Gasteiger partial charge >= 0.3 is 0 Å². The van der Waals surface area contributed by atoms with Gasteiger partial charge in [0.05, 0.1) is 16.2 Å². The summed E-state index contributed by atoms with van der Waals surface area (Å²) < 4.78 is 1.78. The summed E-state index contributed by atoms with van der Waals surface area (Å²) in [6, 6.07) is 0. The first-order valence-corrected chi connectivity index (χ1v) is 6.53. The van der Waals surface area contributed by atoms with Crippen LogP contribution in [0.2, 0.25) is 0 Å². The zero-order valence-corrected chi connectivity index (χ0v) is 11.2. The van der Waals surface area contributed by atoms with Gasteiger partial charge in [0.2, 0.25) is 5.91 Å². The lowest BCUT2D eigenvalue weighted by molar-refractivity contribution is -0.118. The fraction of sp³-hybridized carbons (Fsp3) is 0.636. The van der Waals surface area contributed by atoms with Crippen LogP contribution in [0.5, 0.6) is 0 Å². The monoisotopic (exact) mass is 285 g/mol. The summed E-state index contributed by atoms with van der Waals surface area (Å²) in [5, 5.41) is 4.37. The van der Waals surface area contributed by atoms with Crippen molar-refractivity contribution < 1.29 is 4.79 Å². The molecule has 5 heteroatoms. The van der Waals surface area contributed by atoms with E-state index >= 15 is 0 Å². The van der Waals surface area contributed by atoms with Gasteiger partial charge in [-0.05, 0) is 19.3 Å². The van der Waals surface area contributed by atoms with Crippen molar-refractivity contribution in [3.8, 4) is 0 Å². The fourth-order valence-corrected chi connectivity index (χ4v) is 2.64. The molecular formula is C11H16BrN3O. The van der Waals surface area contributed by atoms with Gasteiger partial charge in [0.1, 0.15) is 0 Å². The van der Waals surface area contributed by atoms with Crippen molar-refractivity contribution in [1.29, 1.82) is 0 Å². The number of aryl methyl sites for hydroxylation is 2. The van der Waals surface area contributed by atoms with Crippen LogP contribution in [0.25, 0.3) is 0 Å². The van der Waals surface area contributed by atoms with E-state index in [2.05, 4.69) is 28.0 Å². The molecule has 0 bridgehead atoms. The van der Waals surface area contributed by atoms with Crippen molar-refractivity contribution in [3.63, 3.8) is 0 Å². The second kappa shape index (κ2) is 4.57. The molecule has 1 aliphatic rings. The van der Waals surface area contributed by atoms with E-state index < -0.39 is 0 Å². The predicted molar refractivity (Wildman–Crippen MR) is 66.9 cm³/mol. The van der Waals surface area contributed by atoms with Crippen molar-refractivity contribution in [2.75, 3.05) is 11.4 Å². The Balaban J connectivity index is 2.31. The van der Waals surface area contributed by atoms with E-state index in [-0.39, 0.29) is 10.7 Å². The van der Waals surface area contributed by atoms with Crippen LogP contribution in [0, 0.1) is 0 Å². The van der Waals surface area contributed by atoms with Gasteiger partial charge < -0.3 is 4.90 Å². The molecule has 0 N–H and O–H groups in total. The van der Waals surface area contributed by atoms with Crippen LogP contribution in [0.4, 0.5) is 5.69 Å². The summed E-state index contributed by atoms with van der Waals surface area (Å²) in [6.45, 7) is 2.87. The van der Waals surface area contributed by atoms with Gasteiger partial charge in [-0.25, -0.2) is 0 Å². The molecule has 0 aliphatic carbocycles. The molecule has 2 rings (SSSR count). The molecule has 4 nitrogen and oxygen atoms in total. The molecule has 1 amide bonds. The lowest BCUT2D eigenvalue weighted by atomic mass is 10.1. The van der Waals surface area contributed by atoms with Crippen molar-refractivity contribution >= 4 is 27.5 Å². The van der Waals surface area contributed by atoms with E-state index in [0.717, 1.165) is 37.2 Å². The Bertz CT molecular complexity index is 402. The fourth-order valence-electron chi connectivity index (χ4n) is 2.07. The first kappa shape index (κ1) is 11.6. The highest BCUT2D eigenvalue weighted by molar-refractivity contribution is 9.10. The maximum Gasteiger partial charge on any atom is 0.240 e. The smallest absolute Gasteiger partial charge is 0.240 e. The Morgan fingerprint density at radius 3 is 3.06 bits per heavy atom. The molecule has 1 saturated heterocycles. The summed E-state index contributed by atoms with van der Waals surface area (Å²) >= 11 is 3.43. The molecule has 1 aromatic rings. The van der Waals surface area contributed by atoms with E-state index in [0.29, 0.717) is 0 Å². The highest BCUT2D eigenvalue weighted by Crippen LogP contribution is 2.27. The van der Waals surface area contributed by atoms with Crippen molar-refractivity contribution in [2.45, 2.75) is 31.0 Å². The SMILES string of the molecule is CCc1nn(C)cc1N1CCCC(Br)C1=O. The molecule has 0 aromatic carbocycles. The molecule has 2 heterocycles. The van der Waals surface area contributed by atoms with Crippen LogP contribution >= 0.6 is 15.9 Å². The first-order chi connectivity index (χ1) is 7.63. The van der Waals surface area contributed by atoms with Crippen molar-refractivity contribution in [2.24, 2.45) is 7.05 Å². The van der Waals surface area contributed by atoms with Crippen molar-refractivity contribution in [3.05, 3.63) is 11.9 Å².